The Balaban J connectivity index is 2.14. The maximum absolute atomic E-state index is 13.1. The van der Waals surface area contributed by atoms with E-state index in [9.17, 15) is 8.78 Å². The van der Waals surface area contributed by atoms with Gasteiger partial charge in [0.1, 0.15) is 17.4 Å². The van der Waals surface area contributed by atoms with Crippen LogP contribution in [0.4, 0.5) is 8.78 Å². The lowest BCUT2D eigenvalue weighted by atomic mass is 10.0. The smallest absolute Gasteiger partial charge is 0.250 e. The van der Waals surface area contributed by atoms with Gasteiger partial charge in [0, 0.05) is 6.20 Å². The topological polar surface area (TPSA) is 59.4 Å². The van der Waals surface area contributed by atoms with Crippen molar-refractivity contribution < 1.29 is 8.78 Å². The lowest BCUT2D eigenvalue weighted by Crippen LogP contribution is -2.17. The molecule has 7 heteroatoms. The first-order valence-electron chi connectivity index (χ1n) is 5.99. The lowest BCUT2D eigenvalue weighted by molar-refractivity contribution is 0.138. The number of halogens is 2. The number of nitrogens with one attached hydrogen (secondary N) is 1. The highest BCUT2D eigenvalue weighted by molar-refractivity contribution is 5.28. The summed E-state index contributed by atoms with van der Waals surface area (Å²) in [6.45, 7) is 0. The van der Waals surface area contributed by atoms with Gasteiger partial charge in [-0.15, -0.1) is 0 Å². The number of H-pyrrole nitrogens is 1. The Labute approximate surface area is 113 Å². The zero-order chi connectivity index (χ0) is 13.9. The second kappa shape index (κ2) is 5.20. The summed E-state index contributed by atoms with van der Waals surface area (Å²) >= 11 is 0. The molecule has 3 aromatic rings. The molecule has 5 nitrogen and oxygen atoms in total. The van der Waals surface area contributed by atoms with E-state index in [1.165, 1.54) is 23.1 Å². The predicted octanol–water partition coefficient (Wildman–Crippen LogP) is 2.58. The first kappa shape index (κ1) is 12.5. The molecule has 20 heavy (non-hydrogen) atoms. The highest BCUT2D eigenvalue weighted by atomic mass is 19.3. The van der Waals surface area contributed by atoms with Crippen molar-refractivity contribution in [2.45, 2.75) is 12.5 Å². The Morgan fingerprint density at radius 3 is 2.55 bits per heavy atom. The molecular weight excluding hydrogens is 264 g/mol. The van der Waals surface area contributed by atoms with Gasteiger partial charge in [0.05, 0.1) is 6.20 Å². The molecule has 102 valence electrons. The molecular formula is C13H11F2N5. The summed E-state index contributed by atoms with van der Waals surface area (Å²) in [5.41, 5.74) is 1.19. The van der Waals surface area contributed by atoms with Crippen LogP contribution in [0.5, 0.6) is 0 Å². The van der Waals surface area contributed by atoms with Gasteiger partial charge in [-0.1, -0.05) is 30.3 Å². The number of aromatic nitrogens is 5. The van der Waals surface area contributed by atoms with E-state index in [4.69, 9.17) is 0 Å². The Morgan fingerprint density at radius 2 is 1.90 bits per heavy atom. The van der Waals surface area contributed by atoms with Gasteiger partial charge in [-0.2, -0.15) is 20.5 Å². The van der Waals surface area contributed by atoms with E-state index in [2.05, 4.69) is 20.5 Å². The standard InChI is InChI=1S/C13H11F2N5/c14-13(15)11-6-7-17-20(11)12(10-8-16-19-18-10)9-4-2-1-3-5-9/h1-8,12-13H,(H,16,18,19). The Bertz CT molecular complexity index is 663. The van der Waals surface area contributed by atoms with Crippen molar-refractivity contribution in [3.05, 3.63) is 65.7 Å². The summed E-state index contributed by atoms with van der Waals surface area (Å²) in [5, 5.41) is 14.3. The minimum Gasteiger partial charge on any atom is -0.250 e. The number of nitrogens with zero attached hydrogens (tertiary/aromatic N) is 4. The summed E-state index contributed by atoms with van der Waals surface area (Å²) in [5.74, 6) is 0. The van der Waals surface area contributed by atoms with Crippen LogP contribution in [0.25, 0.3) is 0 Å². The van der Waals surface area contributed by atoms with E-state index in [-0.39, 0.29) is 5.69 Å². The third-order valence-corrected chi connectivity index (χ3v) is 3.00. The average Bonchev–Trinajstić information content (AvgIpc) is 3.12. The summed E-state index contributed by atoms with van der Waals surface area (Å²) < 4.78 is 27.4. The van der Waals surface area contributed by atoms with Gasteiger partial charge in [0.25, 0.3) is 6.43 Å². The molecule has 1 aromatic carbocycles. The van der Waals surface area contributed by atoms with Crippen molar-refractivity contribution in [3.63, 3.8) is 0 Å². The van der Waals surface area contributed by atoms with Gasteiger partial charge < -0.3 is 0 Å². The van der Waals surface area contributed by atoms with Gasteiger partial charge in [0.15, 0.2) is 0 Å². The van der Waals surface area contributed by atoms with Crippen LogP contribution in [0, 0.1) is 0 Å². The van der Waals surface area contributed by atoms with Gasteiger partial charge >= 0.3 is 0 Å². The molecule has 0 aliphatic rings. The fourth-order valence-corrected chi connectivity index (χ4v) is 2.13. The van der Waals surface area contributed by atoms with Crippen LogP contribution in [-0.2, 0) is 0 Å². The molecule has 1 unspecified atom stereocenters. The quantitative estimate of drug-likeness (QED) is 0.796. The number of rotatable bonds is 4. The molecule has 0 amide bonds. The maximum atomic E-state index is 13.1. The second-order valence-corrected chi connectivity index (χ2v) is 4.21. The normalized spacial score (nSPS) is 12.8. The Morgan fingerprint density at radius 1 is 1.10 bits per heavy atom. The highest BCUT2D eigenvalue weighted by Crippen LogP contribution is 2.29. The second-order valence-electron chi connectivity index (χ2n) is 4.21. The number of aromatic amines is 1. The molecule has 0 saturated heterocycles. The van der Waals surface area contributed by atoms with Crippen molar-refractivity contribution in [1.29, 1.82) is 0 Å². The summed E-state index contributed by atoms with van der Waals surface area (Å²) in [6, 6.07) is 10.0. The molecule has 0 saturated carbocycles. The molecule has 0 fully saturated rings. The summed E-state index contributed by atoms with van der Waals surface area (Å²) in [4.78, 5) is 0. The maximum Gasteiger partial charge on any atom is 0.280 e. The van der Waals surface area contributed by atoms with Gasteiger partial charge in [-0.25, -0.2) is 8.78 Å². The average molecular weight is 275 g/mol. The van der Waals surface area contributed by atoms with Crippen LogP contribution < -0.4 is 0 Å². The highest BCUT2D eigenvalue weighted by Gasteiger charge is 2.25. The monoisotopic (exact) mass is 275 g/mol. The van der Waals surface area contributed by atoms with Crippen molar-refractivity contribution in [1.82, 2.24) is 25.2 Å². The number of hydrogen-bond donors (Lipinski definition) is 1. The predicted molar refractivity (Wildman–Crippen MR) is 67.2 cm³/mol. The van der Waals surface area contributed by atoms with Crippen LogP contribution in [0.2, 0.25) is 0 Å². The fraction of sp³-hybridized carbons (Fsp3) is 0.154. The van der Waals surface area contributed by atoms with Gasteiger partial charge in [-0.05, 0) is 11.6 Å². The molecule has 0 aliphatic carbocycles. The third kappa shape index (κ3) is 2.18. The molecule has 2 aromatic heterocycles. The molecule has 0 bridgehead atoms. The summed E-state index contributed by atoms with van der Waals surface area (Å²) in [6.07, 6.45) is 0.266. The molecule has 0 aliphatic heterocycles. The van der Waals surface area contributed by atoms with Crippen LogP contribution in [0.1, 0.15) is 29.4 Å². The van der Waals surface area contributed by atoms with Crippen molar-refractivity contribution in [2.75, 3.05) is 0 Å². The van der Waals surface area contributed by atoms with E-state index >= 15 is 0 Å². The number of benzene rings is 1. The first-order valence-corrected chi connectivity index (χ1v) is 5.99. The van der Waals surface area contributed by atoms with Crippen LogP contribution in [0.3, 0.4) is 0 Å². The van der Waals surface area contributed by atoms with Gasteiger partial charge in [-0.3, -0.25) is 4.68 Å². The van der Waals surface area contributed by atoms with Crippen molar-refractivity contribution in [2.24, 2.45) is 0 Å². The van der Waals surface area contributed by atoms with Crippen molar-refractivity contribution >= 4 is 0 Å². The fourth-order valence-electron chi connectivity index (χ4n) is 2.13. The van der Waals surface area contributed by atoms with Crippen LogP contribution >= 0.6 is 0 Å². The molecule has 2 heterocycles. The minimum absolute atomic E-state index is 0.151. The molecule has 1 atom stereocenters. The van der Waals surface area contributed by atoms with Crippen LogP contribution in [-0.4, -0.2) is 25.2 Å². The van der Waals surface area contributed by atoms with E-state index in [0.29, 0.717) is 5.69 Å². The molecule has 0 spiro atoms. The molecule has 3 rings (SSSR count). The molecule has 1 N–H and O–H groups in total. The lowest BCUT2D eigenvalue weighted by Gasteiger charge is -2.18. The van der Waals surface area contributed by atoms with E-state index in [1.54, 1.807) is 0 Å². The SMILES string of the molecule is FC(F)c1ccnn1C(c1ccccc1)c1cn[nH]n1. The number of alkyl halides is 2. The zero-order valence-corrected chi connectivity index (χ0v) is 10.3. The van der Waals surface area contributed by atoms with Crippen LogP contribution in [0.15, 0.2) is 48.8 Å². The van der Waals surface area contributed by atoms with Crippen molar-refractivity contribution in [3.8, 4) is 0 Å². The zero-order valence-electron chi connectivity index (χ0n) is 10.3. The number of hydrogen-bond acceptors (Lipinski definition) is 3. The first-order chi connectivity index (χ1) is 9.77. The van der Waals surface area contributed by atoms with Gasteiger partial charge in [0.2, 0.25) is 0 Å². The van der Waals surface area contributed by atoms with E-state index in [0.717, 1.165) is 5.56 Å². The molecule has 0 radical (unpaired) electrons. The largest absolute Gasteiger partial charge is 0.280 e. The Hall–Kier alpha value is -2.57. The van der Waals surface area contributed by atoms with E-state index < -0.39 is 12.5 Å². The summed E-state index contributed by atoms with van der Waals surface area (Å²) in [7, 11) is 0. The minimum atomic E-state index is -2.60. The third-order valence-electron chi connectivity index (χ3n) is 3.00. The Kier molecular flexibility index (Phi) is 3.24. The van der Waals surface area contributed by atoms with E-state index in [1.807, 2.05) is 30.3 Å².